The smallest absolute Gasteiger partial charge is 0.256 e. The zero-order valence-electron chi connectivity index (χ0n) is 12.9. The second-order valence-electron chi connectivity index (χ2n) is 5.77. The van der Waals surface area contributed by atoms with Gasteiger partial charge in [-0.05, 0) is 53.8 Å². The molecule has 1 amide bonds. The van der Waals surface area contributed by atoms with Crippen LogP contribution in [0.2, 0.25) is 0 Å². The number of benzene rings is 3. The average Bonchev–Trinajstić information content (AvgIpc) is 3.02. The van der Waals surface area contributed by atoms with E-state index in [0.717, 1.165) is 34.4 Å². The maximum atomic E-state index is 12.7. The molecule has 0 unspecified atom stereocenters. The van der Waals surface area contributed by atoms with Crippen molar-refractivity contribution in [2.45, 2.75) is 17.7 Å². The SMILES string of the molecule is CSc1ccccc1C(=O)Nc1ccc2c3c(cccc13)CC2. The Morgan fingerprint density at radius 2 is 1.74 bits per heavy atom. The quantitative estimate of drug-likeness (QED) is 0.695. The summed E-state index contributed by atoms with van der Waals surface area (Å²) in [7, 11) is 0. The number of amides is 1. The Morgan fingerprint density at radius 1 is 0.957 bits per heavy atom. The highest BCUT2D eigenvalue weighted by molar-refractivity contribution is 7.98. The Labute approximate surface area is 139 Å². The number of thioether (sulfide) groups is 1. The van der Waals surface area contributed by atoms with Gasteiger partial charge >= 0.3 is 0 Å². The Morgan fingerprint density at radius 3 is 2.57 bits per heavy atom. The second kappa shape index (κ2) is 5.74. The van der Waals surface area contributed by atoms with Crippen molar-refractivity contribution in [1.82, 2.24) is 0 Å². The maximum Gasteiger partial charge on any atom is 0.256 e. The summed E-state index contributed by atoms with van der Waals surface area (Å²) >= 11 is 1.59. The van der Waals surface area contributed by atoms with Crippen molar-refractivity contribution >= 4 is 34.1 Å². The predicted molar refractivity (Wildman–Crippen MR) is 97.5 cm³/mol. The molecule has 0 saturated heterocycles. The number of carbonyl (C=O) groups excluding carboxylic acids is 1. The number of nitrogens with one attached hydrogen (secondary N) is 1. The third kappa shape index (κ3) is 2.41. The number of hydrogen-bond acceptors (Lipinski definition) is 2. The van der Waals surface area contributed by atoms with Crippen LogP contribution in [0.4, 0.5) is 5.69 Å². The normalized spacial score (nSPS) is 12.6. The van der Waals surface area contributed by atoms with Crippen molar-refractivity contribution < 1.29 is 4.79 Å². The minimum atomic E-state index is -0.0475. The minimum Gasteiger partial charge on any atom is -0.321 e. The number of carbonyl (C=O) groups is 1. The van der Waals surface area contributed by atoms with Crippen molar-refractivity contribution in [3.8, 4) is 0 Å². The lowest BCUT2D eigenvalue weighted by Gasteiger charge is -2.12. The average molecular weight is 319 g/mol. The zero-order valence-corrected chi connectivity index (χ0v) is 13.7. The van der Waals surface area contributed by atoms with Crippen LogP contribution in [0.5, 0.6) is 0 Å². The fraction of sp³-hybridized carbons (Fsp3) is 0.150. The van der Waals surface area contributed by atoms with Crippen molar-refractivity contribution in [1.29, 1.82) is 0 Å². The van der Waals surface area contributed by atoms with Gasteiger partial charge in [-0.1, -0.05) is 36.4 Å². The van der Waals surface area contributed by atoms with E-state index in [-0.39, 0.29) is 5.91 Å². The first kappa shape index (κ1) is 14.3. The van der Waals surface area contributed by atoms with Gasteiger partial charge in [0.25, 0.3) is 5.91 Å². The van der Waals surface area contributed by atoms with Gasteiger partial charge in [0.05, 0.1) is 5.56 Å². The predicted octanol–water partition coefficient (Wildman–Crippen LogP) is 4.91. The van der Waals surface area contributed by atoms with Crippen LogP contribution < -0.4 is 5.32 Å². The van der Waals surface area contributed by atoms with Crippen LogP contribution in [-0.2, 0) is 12.8 Å². The molecule has 0 aromatic heterocycles. The van der Waals surface area contributed by atoms with Gasteiger partial charge in [0, 0.05) is 16.0 Å². The van der Waals surface area contributed by atoms with Gasteiger partial charge in [0.1, 0.15) is 0 Å². The van der Waals surface area contributed by atoms with E-state index < -0.39 is 0 Å². The van der Waals surface area contributed by atoms with Crippen molar-refractivity contribution in [3.05, 3.63) is 71.3 Å². The molecule has 3 aromatic rings. The lowest BCUT2D eigenvalue weighted by atomic mass is 10.0. The molecular formula is C20H17NOS. The summed E-state index contributed by atoms with van der Waals surface area (Å²) in [5, 5.41) is 5.57. The molecule has 0 saturated carbocycles. The van der Waals surface area contributed by atoms with E-state index >= 15 is 0 Å². The minimum absolute atomic E-state index is 0.0475. The van der Waals surface area contributed by atoms with Crippen LogP contribution in [0.15, 0.2) is 59.5 Å². The molecule has 0 spiro atoms. The molecule has 1 aliphatic carbocycles. The molecule has 3 heteroatoms. The van der Waals surface area contributed by atoms with Crippen LogP contribution >= 0.6 is 11.8 Å². The number of aryl methyl sites for hydroxylation is 2. The van der Waals surface area contributed by atoms with Crippen molar-refractivity contribution in [2.75, 3.05) is 11.6 Å². The molecular weight excluding hydrogens is 302 g/mol. The highest BCUT2D eigenvalue weighted by Gasteiger charge is 2.17. The summed E-state index contributed by atoms with van der Waals surface area (Å²) < 4.78 is 0. The fourth-order valence-corrected chi connectivity index (χ4v) is 3.97. The molecule has 0 fully saturated rings. The van der Waals surface area contributed by atoms with E-state index in [1.807, 2.05) is 36.6 Å². The zero-order chi connectivity index (χ0) is 15.8. The van der Waals surface area contributed by atoms with Gasteiger partial charge in [-0.2, -0.15) is 0 Å². The molecule has 0 heterocycles. The standard InChI is InChI=1S/C20H17NOS/c1-23-18-8-3-2-6-16(18)20(22)21-17-12-11-14-10-9-13-5-4-7-15(17)19(13)14/h2-8,11-12H,9-10H2,1H3,(H,21,22). The highest BCUT2D eigenvalue weighted by Crippen LogP contribution is 2.35. The van der Waals surface area contributed by atoms with Crippen LogP contribution in [-0.4, -0.2) is 12.2 Å². The third-order valence-corrected chi connectivity index (χ3v) is 5.27. The first-order chi connectivity index (χ1) is 11.3. The molecule has 1 aliphatic rings. The molecule has 114 valence electrons. The van der Waals surface area contributed by atoms with E-state index in [2.05, 4.69) is 29.6 Å². The summed E-state index contributed by atoms with van der Waals surface area (Å²) in [4.78, 5) is 13.7. The van der Waals surface area contributed by atoms with E-state index in [9.17, 15) is 4.79 Å². The van der Waals surface area contributed by atoms with Gasteiger partial charge in [-0.3, -0.25) is 4.79 Å². The third-order valence-electron chi connectivity index (χ3n) is 4.48. The van der Waals surface area contributed by atoms with Gasteiger partial charge in [-0.25, -0.2) is 0 Å². The molecule has 4 rings (SSSR count). The Balaban J connectivity index is 1.75. The van der Waals surface area contributed by atoms with Gasteiger partial charge in [0.15, 0.2) is 0 Å². The molecule has 0 radical (unpaired) electrons. The number of rotatable bonds is 3. The fourth-order valence-electron chi connectivity index (χ4n) is 3.38. The van der Waals surface area contributed by atoms with E-state index in [4.69, 9.17) is 0 Å². The lowest BCUT2D eigenvalue weighted by Crippen LogP contribution is -2.13. The summed E-state index contributed by atoms with van der Waals surface area (Å²) in [6, 6.07) is 18.3. The van der Waals surface area contributed by atoms with Gasteiger partial charge in [-0.15, -0.1) is 11.8 Å². The maximum absolute atomic E-state index is 12.7. The Kier molecular flexibility index (Phi) is 3.58. The Hall–Kier alpha value is -2.26. The van der Waals surface area contributed by atoms with E-state index in [1.165, 1.54) is 16.5 Å². The first-order valence-corrected chi connectivity index (χ1v) is 8.98. The summed E-state index contributed by atoms with van der Waals surface area (Å²) in [5.41, 5.74) is 4.40. The topological polar surface area (TPSA) is 29.1 Å². The van der Waals surface area contributed by atoms with Crippen LogP contribution in [0.3, 0.4) is 0 Å². The van der Waals surface area contributed by atoms with Gasteiger partial charge < -0.3 is 5.32 Å². The van der Waals surface area contributed by atoms with Crippen molar-refractivity contribution in [2.24, 2.45) is 0 Å². The number of anilines is 1. The molecule has 2 nitrogen and oxygen atoms in total. The van der Waals surface area contributed by atoms with Crippen LogP contribution in [0.1, 0.15) is 21.5 Å². The molecule has 23 heavy (non-hydrogen) atoms. The molecule has 0 bridgehead atoms. The lowest BCUT2D eigenvalue weighted by molar-refractivity contribution is 0.102. The largest absolute Gasteiger partial charge is 0.321 e. The van der Waals surface area contributed by atoms with Crippen LogP contribution in [0.25, 0.3) is 10.8 Å². The van der Waals surface area contributed by atoms with Crippen molar-refractivity contribution in [3.63, 3.8) is 0 Å². The molecule has 0 aliphatic heterocycles. The monoisotopic (exact) mass is 319 g/mol. The first-order valence-electron chi connectivity index (χ1n) is 7.76. The van der Waals surface area contributed by atoms with E-state index in [0.29, 0.717) is 0 Å². The van der Waals surface area contributed by atoms with Crippen LogP contribution in [0, 0.1) is 0 Å². The van der Waals surface area contributed by atoms with Gasteiger partial charge in [0.2, 0.25) is 0 Å². The second-order valence-corrected chi connectivity index (χ2v) is 6.61. The Bertz CT molecular complexity index is 906. The van der Waals surface area contributed by atoms with E-state index in [1.54, 1.807) is 11.8 Å². The molecule has 3 aromatic carbocycles. The summed E-state index contributed by atoms with van der Waals surface area (Å²) in [6.07, 6.45) is 4.18. The molecule has 0 atom stereocenters. The summed E-state index contributed by atoms with van der Waals surface area (Å²) in [5.74, 6) is -0.0475. The summed E-state index contributed by atoms with van der Waals surface area (Å²) in [6.45, 7) is 0. The number of hydrogen-bond donors (Lipinski definition) is 1. The highest BCUT2D eigenvalue weighted by atomic mass is 32.2. The molecule has 1 N–H and O–H groups in total.